The number of nitrogens with zero attached hydrogens (tertiary/aromatic N) is 1. The maximum absolute atomic E-state index is 2.54. The smallest absolute Gasteiger partial charge is 0.0625 e. The van der Waals surface area contributed by atoms with Gasteiger partial charge in [-0.25, -0.2) is 0 Å². The Bertz CT molecular complexity index is 3560. The standard InChI is InChI=1S/C63H45N/c1-63(2)59-29-13-12-25-54(59)55-39-38-50(41-60(55)63)64(49-36-34-44(35-37-49)43-30-32-45(33-31-43)48-21-14-20-47(40-48)42-16-4-3-5-17-42)62-58-27-11-9-24-53(58)52-23-8-10-26-57(52)61(62)56-28-15-19-46-18-6-7-22-51(46)56/h3-41H,1-2H3. The fourth-order valence-corrected chi connectivity index (χ4v) is 10.5. The van der Waals surface area contributed by atoms with Crippen molar-refractivity contribution in [2.45, 2.75) is 19.3 Å². The second-order valence-corrected chi connectivity index (χ2v) is 17.6. The van der Waals surface area contributed by atoms with Gasteiger partial charge in [-0.2, -0.15) is 0 Å². The van der Waals surface area contributed by atoms with Crippen LogP contribution in [0.1, 0.15) is 25.0 Å². The molecule has 11 aromatic rings. The van der Waals surface area contributed by atoms with Crippen molar-refractivity contribution in [3.05, 3.63) is 248 Å². The molecule has 0 spiro atoms. The van der Waals surface area contributed by atoms with Crippen LogP contribution in [-0.4, -0.2) is 0 Å². The Hall–Kier alpha value is -8.00. The molecule has 0 saturated heterocycles. The molecule has 1 nitrogen and oxygen atoms in total. The minimum absolute atomic E-state index is 0.156. The third-order valence-electron chi connectivity index (χ3n) is 13.7. The monoisotopic (exact) mass is 815 g/mol. The number of anilines is 3. The first-order chi connectivity index (χ1) is 31.5. The van der Waals surface area contributed by atoms with E-state index in [9.17, 15) is 0 Å². The van der Waals surface area contributed by atoms with Crippen LogP contribution in [0.2, 0.25) is 0 Å². The number of fused-ring (bicyclic) bond motifs is 7. The van der Waals surface area contributed by atoms with E-state index in [0.717, 1.165) is 11.4 Å². The van der Waals surface area contributed by atoms with Crippen molar-refractivity contribution in [3.63, 3.8) is 0 Å². The fourth-order valence-electron chi connectivity index (χ4n) is 10.5. The normalized spacial score (nSPS) is 12.7. The van der Waals surface area contributed by atoms with Gasteiger partial charge in [-0.05, 0) is 118 Å². The van der Waals surface area contributed by atoms with Gasteiger partial charge in [0.15, 0.2) is 0 Å². The summed E-state index contributed by atoms with van der Waals surface area (Å²) in [6, 6.07) is 87.3. The molecule has 12 rings (SSSR count). The molecule has 1 aliphatic carbocycles. The molecule has 0 fully saturated rings. The van der Waals surface area contributed by atoms with Crippen molar-refractivity contribution in [2.75, 3.05) is 4.90 Å². The lowest BCUT2D eigenvalue weighted by molar-refractivity contribution is 0.660. The summed E-state index contributed by atoms with van der Waals surface area (Å²) in [6.07, 6.45) is 0. The lowest BCUT2D eigenvalue weighted by Gasteiger charge is -2.32. The second-order valence-electron chi connectivity index (χ2n) is 17.6. The molecule has 0 radical (unpaired) electrons. The van der Waals surface area contributed by atoms with Crippen molar-refractivity contribution in [3.8, 4) is 55.6 Å². The molecule has 302 valence electrons. The first-order valence-electron chi connectivity index (χ1n) is 22.3. The van der Waals surface area contributed by atoms with Crippen molar-refractivity contribution >= 4 is 49.4 Å². The van der Waals surface area contributed by atoms with Gasteiger partial charge in [-0.1, -0.05) is 220 Å². The van der Waals surface area contributed by atoms with Crippen molar-refractivity contribution in [1.82, 2.24) is 0 Å². The highest BCUT2D eigenvalue weighted by Crippen LogP contribution is 2.54. The van der Waals surface area contributed by atoms with E-state index in [1.165, 1.54) is 105 Å². The van der Waals surface area contributed by atoms with E-state index < -0.39 is 0 Å². The van der Waals surface area contributed by atoms with Crippen LogP contribution in [-0.2, 0) is 5.41 Å². The van der Waals surface area contributed by atoms with E-state index in [4.69, 9.17) is 0 Å². The highest BCUT2D eigenvalue weighted by molar-refractivity contribution is 6.24. The summed E-state index contributed by atoms with van der Waals surface area (Å²) in [6.45, 7) is 4.75. The summed E-state index contributed by atoms with van der Waals surface area (Å²) < 4.78 is 0. The van der Waals surface area contributed by atoms with Crippen LogP contribution in [0.3, 0.4) is 0 Å². The molecule has 1 heteroatoms. The van der Waals surface area contributed by atoms with Crippen LogP contribution in [0, 0.1) is 0 Å². The Morgan fingerprint density at radius 3 is 1.50 bits per heavy atom. The lowest BCUT2D eigenvalue weighted by Crippen LogP contribution is -2.17. The average Bonchev–Trinajstić information content (AvgIpc) is 3.59. The largest absolute Gasteiger partial charge is 0.309 e. The van der Waals surface area contributed by atoms with E-state index in [2.05, 4.69) is 255 Å². The molecule has 64 heavy (non-hydrogen) atoms. The Morgan fingerprint density at radius 1 is 0.297 bits per heavy atom. The maximum atomic E-state index is 2.54. The predicted molar refractivity (Wildman–Crippen MR) is 273 cm³/mol. The summed E-state index contributed by atoms with van der Waals surface area (Å²) in [4.78, 5) is 2.54. The topological polar surface area (TPSA) is 3.24 Å². The van der Waals surface area contributed by atoms with Gasteiger partial charge in [-0.15, -0.1) is 0 Å². The number of hydrogen-bond acceptors (Lipinski definition) is 1. The molecule has 0 aliphatic heterocycles. The maximum Gasteiger partial charge on any atom is 0.0625 e. The minimum atomic E-state index is -0.156. The molecule has 0 unspecified atom stereocenters. The van der Waals surface area contributed by atoms with Crippen molar-refractivity contribution in [1.29, 1.82) is 0 Å². The van der Waals surface area contributed by atoms with Gasteiger partial charge in [-0.3, -0.25) is 0 Å². The Kier molecular flexibility index (Phi) is 8.91. The number of benzene rings is 11. The summed E-state index contributed by atoms with van der Waals surface area (Å²) >= 11 is 0. The average molecular weight is 816 g/mol. The molecule has 0 aromatic heterocycles. The van der Waals surface area contributed by atoms with Gasteiger partial charge in [0.2, 0.25) is 0 Å². The first kappa shape index (κ1) is 37.7. The third kappa shape index (κ3) is 6.15. The first-order valence-corrected chi connectivity index (χ1v) is 22.3. The number of hydrogen-bond donors (Lipinski definition) is 0. The Balaban J connectivity index is 1.05. The third-order valence-corrected chi connectivity index (χ3v) is 13.7. The van der Waals surface area contributed by atoms with E-state index in [-0.39, 0.29) is 5.41 Å². The lowest BCUT2D eigenvalue weighted by atomic mass is 9.82. The predicted octanol–water partition coefficient (Wildman–Crippen LogP) is 17.6. The van der Waals surface area contributed by atoms with E-state index in [0.29, 0.717) is 0 Å². The van der Waals surface area contributed by atoms with E-state index >= 15 is 0 Å². The van der Waals surface area contributed by atoms with E-state index in [1.807, 2.05) is 0 Å². The molecule has 0 amide bonds. The van der Waals surface area contributed by atoms with Gasteiger partial charge >= 0.3 is 0 Å². The van der Waals surface area contributed by atoms with Gasteiger partial charge < -0.3 is 4.90 Å². The zero-order chi connectivity index (χ0) is 42.8. The quantitative estimate of drug-likeness (QED) is 0.145. The van der Waals surface area contributed by atoms with Gasteiger partial charge in [0.1, 0.15) is 0 Å². The van der Waals surface area contributed by atoms with Gasteiger partial charge in [0, 0.05) is 27.7 Å². The summed E-state index contributed by atoms with van der Waals surface area (Å²) in [7, 11) is 0. The SMILES string of the molecule is CC1(C)c2ccccc2-c2ccc(N(c3ccc(-c4ccc(-c5cccc(-c6ccccc6)c5)cc4)cc3)c3c(-c4cccc5ccccc45)c4ccccc4c4ccccc34)cc21. The van der Waals surface area contributed by atoms with Crippen LogP contribution in [0.5, 0.6) is 0 Å². The zero-order valence-corrected chi connectivity index (χ0v) is 36.0. The Morgan fingerprint density at radius 2 is 0.766 bits per heavy atom. The summed E-state index contributed by atoms with van der Waals surface area (Å²) in [5.74, 6) is 0. The summed E-state index contributed by atoms with van der Waals surface area (Å²) in [5, 5.41) is 7.40. The highest BCUT2D eigenvalue weighted by Gasteiger charge is 2.36. The van der Waals surface area contributed by atoms with Crippen LogP contribution in [0.15, 0.2) is 237 Å². The Labute approximate surface area is 375 Å². The molecular formula is C63H45N. The molecule has 0 bridgehead atoms. The molecule has 0 saturated carbocycles. The van der Waals surface area contributed by atoms with Crippen LogP contribution < -0.4 is 4.90 Å². The summed E-state index contributed by atoms with van der Waals surface area (Å²) in [5.41, 5.74) is 18.3. The molecule has 0 heterocycles. The number of rotatable bonds is 7. The van der Waals surface area contributed by atoms with Crippen LogP contribution in [0.25, 0.3) is 88.0 Å². The molecule has 1 aliphatic rings. The van der Waals surface area contributed by atoms with Crippen molar-refractivity contribution in [2.24, 2.45) is 0 Å². The van der Waals surface area contributed by atoms with Crippen LogP contribution in [0.4, 0.5) is 17.1 Å². The second kappa shape index (κ2) is 15.1. The van der Waals surface area contributed by atoms with Crippen LogP contribution >= 0.6 is 0 Å². The van der Waals surface area contributed by atoms with E-state index in [1.54, 1.807) is 0 Å². The molecule has 0 N–H and O–H groups in total. The minimum Gasteiger partial charge on any atom is -0.309 e. The zero-order valence-electron chi connectivity index (χ0n) is 36.0. The van der Waals surface area contributed by atoms with Gasteiger partial charge in [0.25, 0.3) is 0 Å². The fraction of sp³-hybridized carbons (Fsp3) is 0.0476. The molecular weight excluding hydrogens is 771 g/mol. The van der Waals surface area contributed by atoms with Crippen molar-refractivity contribution < 1.29 is 0 Å². The van der Waals surface area contributed by atoms with Gasteiger partial charge in [0.05, 0.1) is 5.69 Å². The molecule has 11 aromatic carbocycles. The highest BCUT2D eigenvalue weighted by atomic mass is 15.1. The molecule has 0 atom stereocenters.